The van der Waals surface area contributed by atoms with Crippen molar-refractivity contribution in [1.82, 2.24) is 9.21 Å². The summed E-state index contributed by atoms with van der Waals surface area (Å²) < 4.78 is 26.6. The van der Waals surface area contributed by atoms with Crippen molar-refractivity contribution < 1.29 is 13.5 Å². The number of nitrogens with zero attached hydrogens (tertiary/aromatic N) is 2. The Labute approximate surface area is 103 Å². The van der Waals surface area contributed by atoms with Gasteiger partial charge in [-0.15, -0.1) is 0 Å². The highest BCUT2D eigenvalue weighted by Gasteiger charge is 2.48. The van der Waals surface area contributed by atoms with Gasteiger partial charge in [0.1, 0.15) is 0 Å². The van der Waals surface area contributed by atoms with Gasteiger partial charge in [0.15, 0.2) is 0 Å². The Balaban J connectivity index is 2.21. The largest absolute Gasteiger partial charge is 0.392 e. The first kappa shape index (κ1) is 13.3. The van der Waals surface area contributed by atoms with Crippen LogP contribution in [0.5, 0.6) is 0 Å². The van der Waals surface area contributed by atoms with Crippen LogP contribution in [0.25, 0.3) is 0 Å². The van der Waals surface area contributed by atoms with E-state index in [9.17, 15) is 13.5 Å². The van der Waals surface area contributed by atoms with Crippen LogP contribution in [-0.4, -0.2) is 66.3 Å². The van der Waals surface area contributed by atoms with Gasteiger partial charge >= 0.3 is 0 Å². The molecule has 2 aliphatic rings. The first-order valence-corrected chi connectivity index (χ1v) is 7.62. The molecule has 2 atom stereocenters. The van der Waals surface area contributed by atoms with E-state index in [0.717, 1.165) is 6.54 Å². The number of hydrogen-bond donors (Lipinski definition) is 1. The van der Waals surface area contributed by atoms with Crippen molar-refractivity contribution in [2.24, 2.45) is 0 Å². The zero-order valence-corrected chi connectivity index (χ0v) is 11.6. The Morgan fingerprint density at radius 3 is 2.35 bits per heavy atom. The van der Waals surface area contributed by atoms with E-state index < -0.39 is 21.7 Å². The zero-order valence-electron chi connectivity index (χ0n) is 10.8. The Bertz CT molecular complexity index is 394. The van der Waals surface area contributed by atoms with E-state index in [4.69, 9.17) is 0 Å². The molecule has 6 heteroatoms. The quantitative estimate of drug-likeness (QED) is 0.753. The average molecular weight is 262 g/mol. The Kier molecular flexibility index (Phi) is 3.27. The smallest absolute Gasteiger partial charge is 0.218 e. The monoisotopic (exact) mass is 262 g/mol. The highest BCUT2D eigenvalue weighted by atomic mass is 32.2. The standard InChI is InChI=1S/C11H22N2O3S/c1-11(2)6-9(14)7-13(11)17(15,16)10-4-5-12(3)8-10/h9-10,14H,4-8H2,1-3H3. The van der Waals surface area contributed by atoms with E-state index in [1.54, 1.807) is 0 Å². The summed E-state index contributed by atoms with van der Waals surface area (Å²) in [4.78, 5) is 2.04. The van der Waals surface area contributed by atoms with Gasteiger partial charge in [0.25, 0.3) is 0 Å². The summed E-state index contributed by atoms with van der Waals surface area (Å²) >= 11 is 0. The Hall–Kier alpha value is -0.170. The van der Waals surface area contributed by atoms with E-state index in [0.29, 0.717) is 19.4 Å². The molecular weight excluding hydrogens is 240 g/mol. The van der Waals surface area contributed by atoms with Gasteiger partial charge in [-0.3, -0.25) is 0 Å². The maximum Gasteiger partial charge on any atom is 0.218 e. The molecule has 0 saturated carbocycles. The number of β-amino-alcohol motifs (C(OH)–C–C–N with tert-alkyl or cyclic N) is 1. The summed E-state index contributed by atoms with van der Waals surface area (Å²) in [5, 5.41) is 9.37. The summed E-state index contributed by atoms with van der Waals surface area (Å²) in [6.07, 6.45) is 0.690. The van der Waals surface area contributed by atoms with Crippen molar-refractivity contribution in [3.05, 3.63) is 0 Å². The van der Waals surface area contributed by atoms with Crippen LogP contribution in [0.2, 0.25) is 0 Å². The minimum atomic E-state index is -3.28. The van der Waals surface area contributed by atoms with Crippen molar-refractivity contribution in [2.75, 3.05) is 26.7 Å². The van der Waals surface area contributed by atoms with Crippen molar-refractivity contribution in [3.8, 4) is 0 Å². The molecule has 0 aromatic heterocycles. The van der Waals surface area contributed by atoms with Gasteiger partial charge in [0, 0.05) is 18.6 Å². The SMILES string of the molecule is CN1CCC(S(=O)(=O)N2CC(O)CC2(C)C)C1. The van der Waals surface area contributed by atoms with Gasteiger partial charge in [-0.2, -0.15) is 4.31 Å². The molecule has 0 radical (unpaired) electrons. The van der Waals surface area contributed by atoms with Crippen molar-refractivity contribution in [3.63, 3.8) is 0 Å². The molecule has 0 bridgehead atoms. The predicted octanol–water partition coefficient (Wildman–Crippen LogP) is -0.134. The lowest BCUT2D eigenvalue weighted by molar-refractivity contribution is 0.187. The van der Waals surface area contributed by atoms with Crippen LogP contribution in [0.4, 0.5) is 0 Å². The fraction of sp³-hybridized carbons (Fsp3) is 1.00. The number of hydrogen-bond acceptors (Lipinski definition) is 4. The second-order valence-electron chi connectivity index (χ2n) is 5.92. The molecule has 0 aromatic rings. The lowest BCUT2D eigenvalue weighted by atomic mass is 10.0. The van der Waals surface area contributed by atoms with Gasteiger partial charge in [-0.05, 0) is 40.3 Å². The third kappa shape index (κ3) is 2.36. The highest BCUT2D eigenvalue weighted by molar-refractivity contribution is 7.89. The fourth-order valence-electron chi connectivity index (χ4n) is 2.95. The second-order valence-corrected chi connectivity index (χ2v) is 8.06. The van der Waals surface area contributed by atoms with E-state index >= 15 is 0 Å². The van der Waals surface area contributed by atoms with Crippen LogP contribution in [0.3, 0.4) is 0 Å². The minimum Gasteiger partial charge on any atom is -0.392 e. The van der Waals surface area contributed by atoms with Crippen LogP contribution in [0.1, 0.15) is 26.7 Å². The summed E-state index contributed by atoms with van der Waals surface area (Å²) in [5.41, 5.74) is -0.459. The van der Waals surface area contributed by atoms with E-state index in [1.807, 2.05) is 25.8 Å². The molecule has 2 heterocycles. The lowest BCUT2D eigenvalue weighted by Gasteiger charge is -2.32. The lowest BCUT2D eigenvalue weighted by Crippen LogP contribution is -2.47. The van der Waals surface area contributed by atoms with Crippen LogP contribution >= 0.6 is 0 Å². The molecule has 0 spiro atoms. The molecule has 0 aromatic carbocycles. The molecule has 0 aliphatic carbocycles. The summed E-state index contributed by atoms with van der Waals surface area (Å²) in [6, 6.07) is 0. The summed E-state index contributed by atoms with van der Waals surface area (Å²) in [5.74, 6) is 0. The van der Waals surface area contributed by atoms with Gasteiger partial charge in [-0.1, -0.05) is 0 Å². The van der Waals surface area contributed by atoms with Crippen molar-refractivity contribution >= 4 is 10.0 Å². The molecule has 2 fully saturated rings. The number of sulfonamides is 1. The first-order chi connectivity index (χ1) is 7.73. The first-order valence-electron chi connectivity index (χ1n) is 6.12. The Morgan fingerprint density at radius 1 is 1.29 bits per heavy atom. The number of likely N-dealkylation sites (tertiary alicyclic amines) is 1. The number of aliphatic hydroxyl groups is 1. The number of rotatable bonds is 2. The maximum absolute atomic E-state index is 12.5. The van der Waals surface area contributed by atoms with Crippen LogP contribution < -0.4 is 0 Å². The summed E-state index contributed by atoms with van der Waals surface area (Å²) in [6.45, 7) is 5.46. The number of aliphatic hydroxyl groups excluding tert-OH is 1. The molecular formula is C11H22N2O3S. The molecule has 2 unspecified atom stereocenters. The third-order valence-electron chi connectivity index (χ3n) is 3.86. The molecule has 2 saturated heterocycles. The van der Waals surface area contributed by atoms with Gasteiger partial charge in [0.2, 0.25) is 10.0 Å². The molecule has 2 rings (SSSR count). The van der Waals surface area contributed by atoms with E-state index in [1.165, 1.54) is 4.31 Å². The molecule has 1 N–H and O–H groups in total. The van der Waals surface area contributed by atoms with Crippen molar-refractivity contribution in [1.29, 1.82) is 0 Å². The van der Waals surface area contributed by atoms with Gasteiger partial charge < -0.3 is 10.0 Å². The van der Waals surface area contributed by atoms with Crippen LogP contribution in [-0.2, 0) is 10.0 Å². The van der Waals surface area contributed by atoms with Gasteiger partial charge in [0.05, 0.1) is 11.4 Å². The molecule has 2 aliphatic heterocycles. The van der Waals surface area contributed by atoms with Crippen LogP contribution in [0.15, 0.2) is 0 Å². The van der Waals surface area contributed by atoms with Crippen molar-refractivity contribution in [2.45, 2.75) is 43.6 Å². The normalized spacial score (nSPS) is 35.5. The van der Waals surface area contributed by atoms with Gasteiger partial charge in [-0.25, -0.2) is 8.42 Å². The topological polar surface area (TPSA) is 60.9 Å². The van der Waals surface area contributed by atoms with E-state index in [-0.39, 0.29) is 11.8 Å². The molecule has 100 valence electrons. The zero-order chi connectivity index (χ0) is 12.8. The fourth-order valence-corrected chi connectivity index (χ4v) is 5.30. The predicted molar refractivity (Wildman–Crippen MR) is 66.2 cm³/mol. The van der Waals surface area contributed by atoms with E-state index in [2.05, 4.69) is 0 Å². The summed E-state index contributed by atoms with van der Waals surface area (Å²) in [7, 11) is -1.34. The maximum atomic E-state index is 12.5. The Morgan fingerprint density at radius 2 is 1.94 bits per heavy atom. The molecule has 0 amide bonds. The third-order valence-corrected chi connectivity index (χ3v) is 6.35. The minimum absolute atomic E-state index is 0.246. The molecule has 5 nitrogen and oxygen atoms in total. The average Bonchev–Trinajstić information content (AvgIpc) is 2.70. The highest BCUT2D eigenvalue weighted by Crippen LogP contribution is 2.34. The second kappa shape index (κ2) is 4.19. The molecule has 17 heavy (non-hydrogen) atoms. The van der Waals surface area contributed by atoms with Crippen LogP contribution in [0, 0.1) is 0 Å².